The van der Waals surface area contributed by atoms with Crippen molar-refractivity contribution < 1.29 is 29.0 Å². The van der Waals surface area contributed by atoms with Gasteiger partial charge in [-0.3, -0.25) is 9.59 Å². The average molecular weight is 550 g/mol. The fourth-order valence-corrected chi connectivity index (χ4v) is 4.03. The highest BCUT2D eigenvalue weighted by Gasteiger charge is 2.30. The Morgan fingerprint density at radius 1 is 0.825 bits per heavy atom. The molecule has 3 rings (SSSR count). The number of benzene rings is 2. The van der Waals surface area contributed by atoms with Crippen molar-refractivity contribution in [3.05, 3.63) is 90.0 Å². The van der Waals surface area contributed by atoms with Crippen LogP contribution in [0.1, 0.15) is 37.1 Å². The molecule has 1 heterocycles. The molecule has 0 saturated carbocycles. The van der Waals surface area contributed by atoms with Gasteiger partial charge >= 0.3 is 12.1 Å². The zero-order valence-corrected chi connectivity index (χ0v) is 22.5. The van der Waals surface area contributed by atoms with Crippen LogP contribution in [0.2, 0.25) is 0 Å². The summed E-state index contributed by atoms with van der Waals surface area (Å²) >= 11 is 0. The van der Waals surface area contributed by atoms with E-state index in [0.29, 0.717) is 5.69 Å². The van der Waals surface area contributed by atoms with E-state index >= 15 is 0 Å². The van der Waals surface area contributed by atoms with Crippen LogP contribution in [-0.2, 0) is 38.6 Å². The van der Waals surface area contributed by atoms with E-state index in [1.165, 1.54) is 12.5 Å². The Labute approximate surface area is 232 Å². The van der Waals surface area contributed by atoms with Gasteiger partial charge in [-0.25, -0.2) is 14.6 Å². The second kappa shape index (κ2) is 15.1. The maximum absolute atomic E-state index is 13.5. The number of nitrogens with zero attached hydrogens (tertiary/aromatic N) is 1. The van der Waals surface area contributed by atoms with E-state index in [0.717, 1.165) is 11.1 Å². The molecule has 11 heteroatoms. The summed E-state index contributed by atoms with van der Waals surface area (Å²) in [5.41, 5.74) is 2.13. The number of nitrogens with one attached hydrogen (secondary N) is 4. The van der Waals surface area contributed by atoms with E-state index < -0.39 is 42.0 Å². The van der Waals surface area contributed by atoms with Crippen LogP contribution in [0.15, 0.2) is 73.2 Å². The highest BCUT2D eigenvalue weighted by molar-refractivity contribution is 5.93. The Hall–Kier alpha value is -4.67. The quantitative estimate of drug-likeness (QED) is 0.206. The first-order valence-corrected chi connectivity index (χ1v) is 13.0. The molecule has 0 radical (unpaired) electrons. The van der Waals surface area contributed by atoms with E-state index in [2.05, 4.69) is 25.9 Å². The Kier molecular flexibility index (Phi) is 11.2. The van der Waals surface area contributed by atoms with Gasteiger partial charge in [0, 0.05) is 24.7 Å². The third kappa shape index (κ3) is 9.90. The van der Waals surface area contributed by atoms with Gasteiger partial charge < -0.3 is 30.8 Å². The normalized spacial score (nSPS) is 13.1. The highest BCUT2D eigenvalue weighted by atomic mass is 16.5. The Morgan fingerprint density at radius 2 is 1.40 bits per heavy atom. The predicted octanol–water partition coefficient (Wildman–Crippen LogP) is 2.59. The lowest BCUT2D eigenvalue weighted by Gasteiger charge is -2.25. The number of hydrogen-bond donors (Lipinski definition) is 5. The standard InChI is InChI=1S/C29H35N5O6/c1-19(2)13-25(28(37)38)33-27(36)24(15-22-16-30-18-31-22)32-26(35)23(14-20-9-5-3-6-10-20)34-29(39)40-17-21-11-7-4-8-12-21/h3-12,16,18-19,23-25H,13-15,17H2,1-2H3,(H,30,31)(H,32,35)(H,33,36)(H,34,39)(H,37,38)/t23-,24-,25-/m0/s1. The van der Waals surface area contributed by atoms with Crippen molar-refractivity contribution in [2.24, 2.45) is 5.92 Å². The summed E-state index contributed by atoms with van der Waals surface area (Å²) in [6.07, 6.45) is 2.54. The van der Waals surface area contributed by atoms with Crippen molar-refractivity contribution in [3.8, 4) is 0 Å². The first-order chi connectivity index (χ1) is 19.2. The van der Waals surface area contributed by atoms with Crippen LogP contribution < -0.4 is 16.0 Å². The largest absolute Gasteiger partial charge is 0.480 e. The summed E-state index contributed by atoms with van der Waals surface area (Å²) in [5, 5.41) is 17.4. The molecule has 3 amide bonds. The molecule has 0 spiro atoms. The van der Waals surface area contributed by atoms with E-state index in [4.69, 9.17) is 4.74 Å². The fraction of sp³-hybridized carbons (Fsp3) is 0.345. The number of aromatic amines is 1. The minimum atomic E-state index is -1.17. The molecule has 3 atom stereocenters. The van der Waals surface area contributed by atoms with Crippen molar-refractivity contribution in [1.82, 2.24) is 25.9 Å². The van der Waals surface area contributed by atoms with Gasteiger partial charge in [-0.05, 0) is 23.5 Å². The number of alkyl carbamates (subject to hydrolysis) is 1. The van der Waals surface area contributed by atoms with Crippen molar-refractivity contribution in [1.29, 1.82) is 0 Å². The molecule has 0 saturated heterocycles. The van der Waals surface area contributed by atoms with Crippen molar-refractivity contribution in [2.75, 3.05) is 0 Å². The lowest BCUT2D eigenvalue weighted by molar-refractivity contribution is -0.142. The monoisotopic (exact) mass is 549 g/mol. The van der Waals surface area contributed by atoms with Crippen LogP contribution in [0.4, 0.5) is 4.79 Å². The van der Waals surface area contributed by atoms with Crippen molar-refractivity contribution >= 4 is 23.9 Å². The Bertz CT molecular complexity index is 1230. The number of carboxylic acid groups (broad SMARTS) is 1. The lowest BCUT2D eigenvalue weighted by atomic mass is 10.0. The molecule has 40 heavy (non-hydrogen) atoms. The van der Waals surface area contributed by atoms with E-state index in [-0.39, 0.29) is 31.8 Å². The first-order valence-electron chi connectivity index (χ1n) is 13.0. The number of carbonyl (C=O) groups excluding carboxylic acids is 3. The van der Waals surface area contributed by atoms with Gasteiger partial charge in [0.05, 0.1) is 6.33 Å². The maximum atomic E-state index is 13.5. The molecule has 0 aliphatic heterocycles. The summed E-state index contributed by atoms with van der Waals surface area (Å²) in [7, 11) is 0. The van der Waals surface area contributed by atoms with E-state index in [9.17, 15) is 24.3 Å². The predicted molar refractivity (Wildman–Crippen MR) is 147 cm³/mol. The molecule has 1 aromatic heterocycles. The lowest BCUT2D eigenvalue weighted by Crippen LogP contribution is -2.57. The van der Waals surface area contributed by atoms with Crippen LogP contribution >= 0.6 is 0 Å². The van der Waals surface area contributed by atoms with E-state index in [1.807, 2.05) is 74.5 Å². The zero-order valence-electron chi connectivity index (χ0n) is 22.5. The molecular formula is C29H35N5O6. The molecule has 11 nitrogen and oxygen atoms in total. The second-order valence-electron chi connectivity index (χ2n) is 9.82. The number of aromatic nitrogens is 2. The summed E-state index contributed by atoms with van der Waals surface area (Å²) < 4.78 is 5.31. The topological polar surface area (TPSA) is 163 Å². The van der Waals surface area contributed by atoms with Gasteiger partial charge in [0.2, 0.25) is 11.8 Å². The summed E-state index contributed by atoms with van der Waals surface area (Å²) in [5.74, 6) is -2.45. The van der Waals surface area contributed by atoms with Crippen LogP contribution in [-0.4, -0.2) is 57.1 Å². The molecule has 2 aromatic carbocycles. The number of hydrogen-bond acceptors (Lipinski definition) is 6. The molecule has 0 fully saturated rings. The smallest absolute Gasteiger partial charge is 0.408 e. The average Bonchev–Trinajstić information content (AvgIpc) is 3.45. The molecule has 0 aliphatic rings. The van der Waals surface area contributed by atoms with Crippen LogP contribution in [0.3, 0.4) is 0 Å². The van der Waals surface area contributed by atoms with Crippen LogP contribution in [0.5, 0.6) is 0 Å². The van der Waals surface area contributed by atoms with Gasteiger partial charge in [-0.15, -0.1) is 0 Å². The molecular weight excluding hydrogens is 514 g/mol. The zero-order chi connectivity index (χ0) is 28.9. The maximum Gasteiger partial charge on any atom is 0.408 e. The van der Waals surface area contributed by atoms with Crippen LogP contribution in [0.25, 0.3) is 0 Å². The van der Waals surface area contributed by atoms with Gasteiger partial charge in [-0.1, -0.05) is 74.5 Å². The Morgan fingerprint density at radius 3 is 1.95 bits per heavy atom. The number of carboxylic acids is 1. The minimum Gasteiger partial charge on any atom is -0.480 e. The number of ether oxygens (including phenoxy) is 1. The fourth-order valence-electron chi connectivity index (χ4n) is 4.03. The molecule has 0 unspecified atom stereocenters. The number of imidazole rings is 1. The number of aliphatic carboxylic acids is 1. The summed E-state index contributed by atoms with van der Waals surface area (Å²) in [4.78, 5) is 58.0. The summed E-state index contributed by atoms with van der Waals surface area (Å²) in [6.45, 7) is 3.72. The molecule has 3 aromatic rings. The van der Waals surface area contributed by atoms with Gasteiger partial charge in [0.1, 0.15) is 24.7 Å². The van der Waals surface area contributed by atoms with Crippen molar-refractivity contribution in [3.63, 3.8) is 0 Å². The number of amides is 3. The molecule has 0 aliphatic carbocycles. The Balaban J connectivity index is 1.76. The molecule has 0 bridgehead atoms. The summed E-state index contributed by atoms with van der Waals surface area (Å²) in [6, 6.07) is 14.9. The SMILES string of the molecule is CC(C)C[C@H](NC(=O)[C@H](Cc1cnc[nH]1)NC(=O)[C@H](Cc1ccccc1)NC(=O)OCc1ccccc1)C(=O)O. The number of carbonyl (C=O) groups is 4. The first kappa shape index (κ1) is 29.9. The van der Waals surface area contributed by atoms with Crippen LogP contribution in [0, 0.1) is 5.92 Å². The number of H-pyrrole nitrogens is 1. The minimum absolute atomic E-state index is 0.0170. The highest BCUT2D eigenvalue weighted by Crippen LogP contribution is 2.09. The van der Waals surface area contributed by atoms with E-state index in [1.54, 1.807) is 0 Å². The van der Waals surface area contributed by atoms with Crippen molar-refractivity contribution in [2.45, 2.75) is 57.8 Å². The van der Waals surface area contributed by atoms with Gasteiger partial charge in [0.25, 0.3) is 0 Å². The second-order valence-corrected chi connectivity index (χ2v) is 9.82. The molecule has 212 valence electrons. The third-order valence-corrected chi connectivity index (χ3v) is 6.04. The third-order valence-electron chi connectivity index (χ3n) is 6.04. The number of rotatable bonds is 14. The van der Waals surface area contributed by atoms with Gasteiger partial charge in [-0.2, -0.15) is 0 Å². The van der Waals surface area contributed by atoms with Gasteiger partial charge in [0.15, 0.2) is 0 Å². The molecule has 5 N–H and O–H groups in total.